The summed E-state index contributed by atoms with van der Waals surface area (Å²) in [6, 6.07) is 5.47. The third-order valence-electron chi connectivity index (χ3n) is 5.67. The van der Waals surface area contributed by atoms with E-state index >= 15 is 0 Å². The van der Waals surface area contributed by atoms with Crippen LogP contribution in [0.4, 0.5) is 20.6 Å². The van der Waals surface area contributed by atoms with Crippen molar-refractivity contribution in [1.82, 2.24) is 10.6 Å². The molecule has 1 aromatic carbocycles. The second-order valence-electron chi connectivity index (χ2n) is 7.51. The molecule has 3 fully saturated rings. The van der Waals surface area contributed by atoms with Gasteiger partial charge in [-0.1, -0.05) is 6.92 Å². The van der Waals surface area contributed by atoms with E-state index in [9.17, 15) is 14.0 Å². The van der Waals surface area contributed by atoms with Gasteiger partial charge in [-0.25, -0.2) is 9.18 Å². The number of hydrogen-bond donors (Lipinski definition) is 2. The van der Waals surface area contributed by atoms with E-state index in [1.165, 1.54) is 17.9 Å². The van der Waals surface area contributed by atoms with Gasteiger partial charge in [-0.2, -0.15) is 0 Å². The lowest BCUT2D eigenvalue weighted by Crippen LogP contribution is -2.33. The summed E-state index contributed by atoms with van der Waals surface area (Å²) in [6.07, 6.45) is -0.953. The molecule has 2 heterocycles. The summed E-state index contributed by atoms with van der Waals surface area (Å²) in [7, 11) is 0. The molecule has 27 heavy (non-hydrogen) atoms. The number of hydrogen-bond acceptors (Lipinski definition) is 5. The molecule has 2 N–H and O–H groups in total. The fourth-order valence-electron chi connectivity index (χ4n) is 4.28. The van der Waals surface area contributed by atoms with Crippen LogP contribution in [0.25, 0.3) is 0 Å². The van der Waals surface area contributed by atoms with Crippen molar-refractivity contribution in [2.75, 3.05) is 42.5 Å². The van der Waals surface area contributed by atoms with Gasteiger partial charge in [-0.15, -0.1) is 0 Å². The molecule has 1 saturated carbocycles. The molecule has 2 amide bonds. The molecule has 1 aliphatic carbocycles. The summed E-state index contributed by atoms with van der Waals surface area (Å²) >= 11 is 0. The minimum absolute atomic E-state index is 0.181. The van der Waals surface area contributed by atoms with Crippen LogP contribution in [0.1, 0.15) is 13.8 Å². The zero-order valence-corrected chi connectivity index (χ0v) is 15.6. The Morgan fingerprint density at radius 2 is 2.04 bits per heavy atom. The number of ether oxygens (including phenoxy) is 1. The van der Waals surface area contributed by atoms with Crippen LogP contribution < -0.4 is 20.4 Å². The first-order valence-electron chi connectivity index (χ1n) is 9.48. The minimum Gasteiger partial charge on any atom is -0.442 e. The van der Waals surface area contributed by atoms with Gasteiger partial charge in [0.1, 0.15) is 11.9 Å². The Hall–Kier alpha value is -2.35. The number of rotatable bonds is 6. The Kier molecular flexibility index (Phi) is 4.67. The SMILES string of the molecule is CCNC1[C@H]2CN(c3ccc(N4C[C@H](CNC(C)=O)OC4=O)cc3F)C[C@@H]12. The monoisotopic (exact) mass is 376 g/mol. The molecule has 1 unspecified atom stereocenters. The predicted molar refractivity (Wildman–Crippen MR) is 99.4 cm³/mol. The molecule has 1 aromatic rings. The average molecular weight is 376 g/mol. The maximum absolute atomic E-state index is 14.7. The van der Waals surface area contributed by atoms with E-state index in [-0.39, 0.29) is 24.8 Å². The fraction of sp³-hybridized carbons (Fsp3) is 0.579. The maximum Gasteiger partial charge on any atom is 0.414 e. The first-order chi connectivity index (χ1) is 13.0. The van der Waals surface area contributed by atoms with Crippen molar-refractivity contribution >= 4 is 23.4 Å². The van der Waals surface area contributed by atoms with E-state index in [1.807, 2.05) is 0 Å². The summed E-state index contributed by atoms with van der Waals surface area (Å²) in [5.74, 6) is 0.700. The lowest BCUT2D eigenvalue weighted by Gasteiger charge is -2.24. The van der Waals surface area contributed by atoms with Gasteiger partial charge < -0.3 is 20.3 Å². The Morgan fingerprint density at radius 3 is 2.67 bits per heavy atom. The largest absolute Gasteiger partial charge is 0.442 e. The standard InChI is InChI=1S/C19H25FN4O3/c1-3-21-18-14-9-23(10-15(14)18)17-5-4-12(6-16(17)20)24-8-13(27-19(24)26)7-22-11(2)25/h4-6,13-15,18,21H,3,7-10H2,1-2H3,(H,22,25)/t13-,14-,15+,18?/m0/s1. The summed E-state index contributed by atoms with van der Waals surface area (Å²) < 4.78 is 20.0. The van der Waals surface area contributed by atoms with Crippen LogP contribution >= 0.6 is 0 Å². The fourth-order valence-corrected chi connectivity index (χ4v) is 4.28. The summed E-state index contributed by atoms with van der Waals surface area (Å²) in [5, 5.41) is 6.11. The van der Waals surface area contributed by atoms with Gasteiger partial charge in [-0.05, 0) is 36.6 Å². The number of nitrogens with zero attached hydrogens (tertiary/aromatic N) is 2. The van der Waals surface area contributed by atoms with Crippen molar-refractivity contribution in [2.45, 2.75) is 26.0 Å². The Labute approximate surface area is 157 Å². The molecule has 0 bridgehead atoms. The van der Waals surface area contributed by atoms with Gasteiger partial charge in [0, 0.05) is 26.1 Å². The van der Waals surface area contributed by atoms with Crippen molar-refractivity contribution in [2.24, 2.45) is 11.8 Å². The third kappa shape index (κ3) is 3.45. The summed E-state index contributed by atoms with van der Waals surface area (Å²) in [4.78, 5) is 26.6. The number of nitrogens with one attached hydrogen (secondary N) is 2. The highest BCUT2D eigenvalue weighted by Crippen LogP contribution is 2.47. The van der Waals surface area contributed by atoms with Crippen molar-refractivity contribution in [3.63, 3.8) is 0 Å². The third-order valence-corrected chi connectivity index (χ3v) is 5.67. The van der Waals surface area contributed by atoms with Gasteiger partial charge in [-0.3, -0.25) is 9.69 Å². The van der Waals surface area contributed by atoms with Crippen LogP contribution in [-0.4, -0.2) is 56.9 Å². The van der Waals surface area contributed by atoms with Gasteiger partial charge >= 0.3 is 6.09 Å². The van der Waals surface area contributed by atoms with E-state index in [2.05, 4.69) is 22.5 Å². The highest BCUT2D eigenvalue weighted by atomic mass is 19.1. The van der Waals surface area contributed by atoms with Crippen LogP contribution in [0.5, 0.6) is 0 Å². The zero-order chi connectivity index (χ0) is 19.1. The molecular weight excluding hydrogens is 351 g/mol. The van der Waals surface area contributed by atoms with Gasteiger partial charge in [0.2, 0.25) is 5.91 Å². The predicted octanol–water partition coefficient (Wildman–Crippen LogP) is 1.33. The first-order valence-corrected chi connectivity index (χ1v) is 9.48. The normalized spacial score (nSPS) is 28.9. The van der Waals surface area contributed by atoms with Crippen molar-refractivity contribution < 1.29 is 18.7 Å². The topological polar surface area (TPSA) is 73.9 Å². The number of cyclic esters (lactones) is 1. The van der Waals surface area contributed by atoms with E-state index in [1.54, 1.807) is 12.1 Å². The lowest BCUT2D eigenvalue weighted by atomic mass is 10.2. The lowest BCUT2D eigenvalue weighted by molar-refractivity contribution is -0.119. The summed E-state index contributed by atoms with van der Waals surface area (Å²) in [6.45, 7) is 6.75. The first kappa shape index (κ1) is 18.0. The molecule has 0 spiro atoms. The van der Waals surface area contributed by atoms with Gasteiger partial charge in [0.05, 0.1) is 24.5 Å². The number of benzene rings is 1. The number of carbonyl (C=O) groups is 2. The van der Waals surface area contributed by atoms with Crippen molar-refractivity contribution in [3.05, 3.63) is 24.0 Å². The van der Waals surface area contributed by atoms with Gasteiger partial charge in [0.15, 0.2) is 0 Å². The van der Waals surface area contributed by atoms with E-state index in [0.29, 0.717) is 29.3 Å². The minimum atomic E-state index is -0.520. The van der Waals surface area contributed by atoms with Crippen molar-refractivity contribution in [3.8, 4) is 0 Å². The number of anilines is 2. The molecule has 4 rings (SSSR count). The Morgan fingerprint density at radius 1 is 1.30 bits per heavy atom. The van der Waals surface area contributed by atoms with Crippen LogP contribution in [0, 0.1) is 17.7 Å². The highest BCUT2D eigenvalue weighted by Gasteiger charge is 2.55. The van der Waals surface area contributed by atoms with Gasteiger partial charge in [0.25, 0.3) is 0 Å². The molecule has 2 saturated heterocycles. The number of halogens is 1. The molecule has 3 aliphatic rings. The number of amides is 2. The smallest absolute Gasteiger partial charge is 0.414 e. The molecule has 2 aliphatic heterocycles. The van der Waals surface area contributed by atoms with Crippen molar-refractivity contribution in [1.29, 1.82) is 0 Å². The maximum atomic E-state index is 14.7. The van der Waals surface area contributed by atoms with Crippen LogP contribution in [0.15, 0.2) is 18.2 Å². The van der Waals surface area contributed by atoms with Crippen LogP contribution in [0.2, 0.25) is 0 Å². The van der Waals surface area contributed by atoms with Crippen LogP contribution in [0.3, 0.4) is 0 Å². The second-order valence-corrected chi connectivity index (χ2v) is 7.51. The Bertz CT molecular complexity index is 746. The van der Waals surface area contributed by atoms with E-state index in [0.717, 1.165) is 19.6 Å². The van der Waals surface area contributed by atoms with E-state index < -0.39 is 12.2 Å². The second kappa shape index (κ2) is 6.99. The average Bonchev–Trinajstić information content (AvgIpc) is 2.98. The zero-order valence-electron chi connectivity index (χ0n) is 15.6. The highest BCUT2D eigenvalue weighted by molar-refractivity contribution is 5.90. The molecule has 8 heteroatoms. The number of fused-ring (bicyclic) bond motifs is 1. The number of piperidine rings is 1. The molecule has 4 atom stereocenters. The molecule has 7 nitrogen and oxygen atoms in total. The van der Waals surface area contributed by atoms with Crippen LogP contribution in [-0.2, 0) is 9.53 Å². The molecule has 0 aromatic heterocycles. The molecular formula is C19H25FN4O3. The number of carbonyl (C=O) groups excluding carboxylic acids is 2. The van der Waals surface area contributed by atoms with E-state index in [4.69, 9.17) is 4.74 Å². The molecule has 0 radical (unpaired) electrons. The summed E-state index contributed by atoms with van der Waals surface area (Å²) in [5.41, 5.74) is 1.06. The Balaban J connectivity index is 1.39. The molecule has 146 valence electrons. The quantitative estimate of drug-likeness (QED) is 0.784.